The van der Waals surface area contributed by atoms with Gasteiger partial charge in [-0.05, 0) is 11.8 Å². The highest BCUT2D eigenvalue weighted by molar-refractivity contribution is 8.02. The van der Waals surface area contributed by atoms with E-state index in [1.165, 1.54) is 11.7 Å². The maximum absolute atomic E-state index is 11.7. The smallest absolute Gasteiger partial charge is 0.286 e. The standard InChI is InChI=1S/C10H13N5O2S/c1-14-8(11)7(10(16)15(2)17)12-9(13-14)6-4-3-5-18-6/h3,5-6,11,17H,4H2,1-2H3. The number of hydrogen-bond acceptors (Lipinski definition) is 6. The third-order valence-electron chi connectivity index (χ3n) is 2.50. The van der Waals surface area contributed by atoms with Gasteiger partial charge in [-0.1, -0.05) is 6.08 Å². The lowest BCUT2D eigenvalue weighted by Crippen LogP contribution is -2.35. The Hall–Kier alpha value is -1.67. The first-order valence-corrected chi connectivity index (χ1v) is 6.22. The van der Waals surface area contributed by atoms with Crippen molar-refractivity contribution in [3.63, 3.8) is 0 Å². The third kappa shape index (κ3) is 2.29. The van der Waals surface area contributed by atoms with Crippen LogP contribution in [0.2, 0.25) is 0 Å². The van der Waals surface area contributed by atoms with Crippen LogP contribution in [0.5, 0.6) is 0 Å². The van der Waals surface area contributed by atoms with E-state index in [2.05, 4.69) is 10.1 Å². The molecule has 96 valence electrons. The minimum atomic E-state index is -0.713. The van der Waals surface area contributed by atoms with Crippen molar-refractivity contribution in [1.82, 2.24) is 19.8 Å². The third-order valence-corrected chi connectivity index (χ3v) is 3.58. The second-order valence-electron chi connectivity index (χ2n) is 3.85. The topological polar surface area (TPSA) is 95.1 Å². The van der Waals surface area contributed by atoms with Gasteiger partial charge in [0.25, 0.3) is 5.91 Å². The molecule has 0 saturated heterocycles. The molecule has 0 aromatic carbocycles. The molecule has 8 heteroatoms. The van der Waals surface area contributed by atoms with E-state index in [0.717, 1.165) is 6.42 Å². The predicted octanol–water partition coefficient (Wildman–Crippen LogP) is 0.447. The molecule has 0 bridgehead atoms. The molecule has 0 spiro atoms. The Morgan fingerprint density at radius 3 is 3.00 bits per heavy atom. The van der Waals surface area contributed by atoms with Gasteiger partial charge in [-0.15, -0.1) is 11.8 Å². The molecule has 1 amide bonds. The number of aromatic nitrogens is 3. The SMILES string of the molecule is CN(O)C(=O)c1nc(C2CC=CS2)nn(C)c1=N. The summed E-state index contributed by atoms with van der Waals surface area (Å²) in [5, 5.41) is 23.5. The molecule has 1 aromatic heterocycles. The van der Waals surface area contributed by atoms with Gasteiger partial charge in [-0.3, -0.25) is 15.4 Å². The molecule has 7 nitrogen and oxygen atoms in total. The first-order chi connectivity index (χ1) is 8.50. The van der Waals surface area contributed by atoms with Crippen LogP contribution in [0, 0.1) is 5.41 Å². The van der Waals surface area contributed by atoms with Crippen LogP contribution in [0.3, 0.4) is 0 Å². The molecule has 1 aliphatic heterocycles. The summed E-state index contributed by atoms with van der Waals surface area (Å²) in [7, 11) is 2.78. The van der Waals surface area contributed by atoms with Crippen LogP contribution in [0.25, 0.3) is 0 Å². The van der Waals surface area contributed by atoms with Gasteiger partial charge in [0.15, 0.2) is 17.0 Å². The van der Waals surface area contributed by atoms with Gasteiger partial charge in [0.1, 0.15) is 0 Å². The number of carbonyl (C=O) groups is 1. The lowest BCUT2D eigenvalue weighted by Gasteiger charge is -2.13. The lowest BCUT2D eigenvalue weighted by atomic mass is 10.3. The van der Waals surface area contributed by atoms with E-state index >= 15 is 0 Å². The summed E-state index contributed by atoms with van der Waals surface area (Å²) in [6.07, 6.45) is 2.80. The van der Waals surface area contributed by atoms with E-state index in [1.807, 2.05) is 11.5 Å². The Morgan fingerprint density at radius 2 is 2.44 bits per heavy atom. The number of nitrogens with one attached hydrogen (secondary N) is 1. The zero-order valence-electron chi connectivity index (χ0n) is 9.99. The maximum Gasteiger partial charge on any atom is 0.299 e. The number of aryl methyl sites for hydroxylation is 1. The first kappa shape index (κ1) is 12.8. The second-order valence-corrected chi connectivity index (χ2v) is 4.97. The average Bonchev–Trinajstić information content (AvgIpc) is 2.85. The predicted molar refractivity (Wildman–Crippen MR) is 64.8 cm³/mol. The molecule has 1 aliphatic rings. The molecule has 0 fully saturated rings. The van der Waals surface area contributed by atoms with Crippen LogP contribution in [0.15, 0.2) is 11.5 Å². The van der Waals surface area contributed by atoms with E-state index < -0.39 is 5.91 Å². The molecule has 1 aromatic rings. The zero-order chi connectivity index (χ0) is 13.3. The van der Waals surface area contributed by atoms with Gasteiger partial charge in [-0.2, -0.15) is 5.10 Å². The van der Waals surface area contributed by atoms with Crippen molar-refractivity contribution in [3.8, 4) is 0 Å². The number of nitrogens with zero attached hydrogens (tertiary/aromatic N) is 4. The number of amides is 1. The maximum atomic E-state index is 11.7. The highest BCUT2D eigenvalue weighted by atomic mass is 32.2. The Labute approximate surface area is 108 Å². The second kappa shape index (κ2) is 4.91. The van der Waals surface area contributed by atoms with Crippen LogP contribution < -0.4 is 5.49 Å². The van der Waals surface area contributed by atoms with Gasteiger partial charge in [0.2, 0.25) is 0 Å². The van der Waals surface area contributed by atoms with Gasteiger partial charge in [-0.25, -0.2) is 14.7 Å². The van der Waals surface area contributed by atoms with Crippen molar-refractivity contribution in [2.75, 3.05) is 7.05 Å². The van der Waals surface area contributed by atoms with E-state index in [1.54, 1.807) is 18.8 Å². The molecule has 2 heterocycles. The molecule has 2 rings (SSSR count). The fraction of sp³-hybridized carbons (Fsp3) is 0.400. The largest absolute Gasteiger partial charge is 0.299 e. The Morgan fingerprint density at radius 1 is 1.72 bits per heavy atom. The summed E-state index contributed by atoms with van der Waals surface area (Å²) in [5.41, 5.74) is -0.222. The normalized spacial score (nSPS) is 18.1. The molecule has 18 heavy (non-hydrogen) atoms. The van der Waals surface area contributed by atoms with Crippen molar-refractivity contribution in [1.29, 1.82) is 5.41 Å². The Balaban J connectivity index is 2.46. The number of thioether (sulfide) groups is 1. The molecule has 0 saturated carbocycles. The van der Waals surface area contributed by atoms with Crippen molar-refractivity contribution in [2.45, 2.75) is 11.7 Å². The lowest BCUT2D eigenvalue weighted by molar-refractivity contribution is -0.0382. The van der Waals surface area contributed by atoms with Gasteiger partial charge < -0.3 is 0 Å². The number of allylic oxidation sites excluding steroid dienone is 1. The van der Waals surface area contributed by atoms with E-state index in [0.29, 0.717) is 10.9 Å². The summed E-state index contributed by atoms with van der Waals surface area (Å²) in [4.78, 5) is 15.8. The van der Waals surface area contributed by atoms with Gasteiger partial charge in [0.05, 0.1) is 5.25 Å². The zero-order valence-corrected chi connectivity index (χ0v) is 10.8. The van der Waals surface area contributed by atoms with Crippen LogP contribution >= 0.6 is 11.8 Å². The summed E-state index contributed by atoms with van der Waals surface area (Å²) in [5.74, 6) is -0.219. The fourth-order valence-corrected chi connectivity index (χ4v) is 2.39. The minimum Gasteiger partial charge on any atom is -0.286 e. The fourth-order valence-electron chi connectivity index (χ4n) is 1.54. The molecule has 0 aliphatic carbocycles. The van der Waals surface area contributed by atoms with Crippen LogP contribution in [0.4, 0.5) is 0 Å². The number of hydrogen-bond donors (Lipinski definition) is 2. The minimum absolute atomic E-state index is 0.0624. The monoisotopic (exact) mass is 267 g/mol. The summed E-state index contributed by atoms with van der Waals surface area (Å²) in [6.45, 7) is 0. The highest BCUT2D eigenvalue weighted by Gasteiger charge is 2.22. The van der Waals surface area contributed by atoms with Gasteiger partial charge in [0, 0.05) is 14.1 Å². The average molecular weight is 267 g/mol. The molecule has 0 radical (unpaired) electrons. The summed E-state index contributed by atoms with van der Waals surface area (Å²) >= 11 is 1.57. The quantitative estimate of drug-likeness (QED) is 0.599. The first-order valence-electron chi connectivity index (χ1n) is 5.28. The molecule has 1 unspecified atom stereocenters. The van der Waals surface area contributed by atoms with E-state index in [4.69, 9.17) is 10.6 Å². The summed E-state index contributed by atoms with van der Waals surface area (Å²) in [6, 6.07) is 0. The molecular weight excluding hydrogens is 254 g/mol. The summed E-state index contributed by atoms with van der Waals surface area (Å²) < 4.78 is 1.29. The van der Waals surface area contributed by atoms with Crippen LogP contribution in [0.1, 0.15) is 28.0 Å². The Bertz CT molecular complexity index is 558. The van der Waals surface area contributed by atoms with E-state index in [9.17, 15) is 4.79 Å². The van der Waals surface area contributed by atoms with Crippen molar-refractivity contribution < 1.29 is 10.0 Å². The number of carbonyl (C=O) groups excluding carboxylic acids is 1. The molecule has 1 atom stereocenters. The van der Waals surface area contributed by atoms with E-state index in [-0.39, 0.29) is 16.4 Å². The van der Waals surface area contributed by atoms with Crippen molar-refractivity contribution in [2.24, 2.45) is 7.05 Å². The van der Waals surface area contributed by atoms with Crippen LogP contribution in [-0.4, -0.2) is 38.0 Å². The highest BCUT2D eigenvalue weighted by Crippen LogP contribution is 2.35. The molecule has 2 N–H and O–H groups in total. The number of hydroxylamine groups is 2. The van der Waals surface area contributed by atoms with Crippen molar-refractivity contribution >= 4 is 17.7 Å². The van der Waals surface area contributed by atoms with Crippen LogP contribution in [-0.2, 0) is 7.05 Å². The number of rotatable bonds is 2. The van der Waals surface area contributed by atoms with Crippen molar-refractivity contribution in [3.05, 3.63) is 28.5 Å². The Kier molecular flexibility index (Phi) is 3.48. The van der Waals surface area contributed by atoms with Gasteiger partial charge >= 0.3 is 0 Å². The molecular formula is C10H13N5O2S.